The van der Waals surface area contributed by atoms with Crippen molar-refractivity contribution in [2.75, 3.05) is 12.3 Å². The van der Waals surface area contributed by atoms with Gasteiger partial charge in [-0.15, -0.1) is 0 Å². The molecule has 1 aromatic carbocycles. The highest BCUT2D eigenvalue weighted by atomic mass is 79.9. The summed E-state index contributed by atoms with van der Waals surface area (Å²) in [6, 6.07) is 5.80. The van der Waals surface area contributed by atoms with Gasteiger partial charge in [0.05, 0.1) is 17.9 Å². The SMILES string of the molecule is Nc1cc(Br)ccc1OC1CCOC2(CCCC2)C1. The molecule has 1 atom stereocenters. The molecule has 3 rings (SSSR count). The van der Waals surface area contributed by atoms with Gasteiger partial charge in [-0.2, -0.15) is 0 Å². The highest BCUT2D eigenvalue weighted by Crippen LogP contribution is 2.41. The Morgan fingerprint density at radius 3 is 2.84 bits per heavy atom. The molecular formula is C15H20BrNO2. The minimum Gasteiger partial charge on any atom is -0.488 e. The molecule has 1 aliphatic heterocycles. The van der Waals surface area contributed by atoms with Crippen LogP contribution in [-0.4, -0.2) is 18.3 Å². The van der Waals surface area contributed by atoms with Crippen molar-refractivity contribution < 1.29 is 9.47 Å². The first-order valence-corrected chi connectivity index (χ1v) is 7.82. The lowest BCUT2D eigenvalue weighted by Gasteiger charge is -2.38. The number of rotatable bonds is 2. The van der Waals surface area contributed by atoms with Gasteiger partial charge in [0.1, 0.15) is 11.9 Å². The summed E-state index contributed by atoms with van der Waals surface area (Å²) in [5.74, 6) is 0.795. The summed E-state index contributed by atoms with van der Waals surface area (Å²) in [6.07, 6.45) is 7.13. The number of anilines is 1. The zero-order valence-electron chi connectivity index (χ0n) is 11.0. The minimum atomic E-state index is 0.0903. The molecule has 0 amide bonds. The topological polar surface area (TPSA) is 44.5 Å². The first kappa shape index (κ1) is 13.3. The second kappa shape index (κ2) is 5.33. The number of hydrogen-bond donors (Lipinski definition) is 1. The van der Waals surface area contributed by atoms with Crippen LogP contribution in [0.25, 0.3) is 0 Å². The molecule has 0 aromatic heterocycles. The Kier molecular flexibility index (Phi) is 3.72. The Bertz CT molecular complexity index is 457. The zero-order valence-corrected chi connectivity index (χ0v) is 12.6. The minimum absolute atomic E-state index is 0.0903. The molecule has 104 valence electrons. The van der Waals surface area contributed by atoms with Crippen molar-refractivity contribution in [3.63, 3.8) is 0 Å². The van der Waals surface area contributed by atoms with E-state index in [1.807, 2.05) is 18.2 Å². The number of ether oxygens (including phenoxy) is 2. The molecule has 1 spiro atoms. The molecule has 1 saturated heterocycles. The van der Waals surface area contributed by atoms with Crippen molar-refractivity contribution in [1.82, 2.24) is 0 Å². The van der Waals surface area contributed by atoms with Crippen LogP contribution in [0, 0.1) is 0 Å². The third-order valence-corrected chi connectivity index (χ3v) is 4.72. The Labute approximate surface area is 122 Å². The standard InChI is InChI=1S/C15H20BrNO2/c16-11-3-4-14(13(17)9-11)19-12-5-8-18-15(10-12)6-1-2-7-15/h3-4,9,12H,1-2,5-8,10,17H2. The van der Waals surface area contributed by atoms with Crippen LogP contribution in [0.2, 0.25) is 0 Å². The van der Waals surface area contributed by atoms with Crippen LogP contribution < -0.4 is 10.5 Å². The van der Waals surface area contributed by atoms with Gasteiger partial charge in [-0.05, 0) is 31.0 Å². The lowest BCUT2D eigenvalue weighted by molar-refractivity contribution is -0.108. The highest BCUT2D eigenvalue weighted by molar-refractivity contribution is 9.10. The van der Waals surface area contributed by atoms with Crippen molar-refractivity contribution in [3.8, 4) is 5.75 Å². The molecule has 4 heteroatoms. The third-order valence-electron chi connectivity index (χ3n) is 4.23. The molecule has 3 nitrogen and oxygen atoms in total. The summed E-state index contributed by atoms with van der Waals surface area (Å²) >= 11 is 3.41. The zero-order chi connectivity index (χ0) is 13.3. The van der Waals surface area contributed by atoms with E-state index in [2.05, 4.69) is 15.9 Å². The van der Waals surface area contributed by atoms with E-state index < -0.39 is 0 Å². The van der Waals surface area contributed by atoms with Crippen LogP contribution in [0.15, 0.2) is 22.7 Å². The lowest BCUT2D eigenvalue weighted by Crippen LogP contribution is -2.41. The summed E-state index contributed by atoms with van der Waals surface area (Å²) in [5, 5.41) is 0. The fraction of sp³-hybridized carbons (Fsp3) is 0.600. The number of nitrogens with two attached hydrogens (primary N) is 1. The van der Waals surface area contributed by atoms with E-state index >= 15 is 0 Å². The summed E-state index contributed by atoms with van der Waals surface area (Å²) < 4.78 is 13.1. The molecule has 1 aromatic rings. The maximum Gasteiger partial charge on any atom is 0.142 e. The molecule has 1 unspecified atom stereocenters. The molecule has 0 bridgehead atoms. The maximum atomic E-state index is 6.10. The van der Waals surface area contributed by atoms with Gasteiger partial charge in [0.15, 0.2) is 0 Å². The predicted molar refractivity (Wildman–Crippen MR) is 79.4 cm³/mol. The molecule has 0 radical (unpaired) electrons. The average molecular weight is 326 g/mol. The second-order valence-corrected chi connectivity index (χ2v) is 6.57. The van der Waals surface area contributed by atoms with E-state index in [0.29, 0.717) is 5.69 Å². The summed E-state index contributed by atoms with van der Waals surface area (Å²) in [7, 11) is 0. The quantitative estimate of drug-likeness (QED) is 0.838. The van der Waals surface area contributed by atoms with E-state index in [-0.39, 0.29) is 11.7 Å². The van der Waals surface area contributed by atoms with Gasteiger partial charge >= 0.3 is 0 Å². The lowest BCUT2D eigenvalue weighted by atomic mass is 9.90. The Morgan fingerprint density at radius 2 is 2.11 bits per heavy atom. The number of nitrogen functional groups attached to an aromatic ring is 1. The molecule has 1 saturated carbocycles. The van der Waals surface area contributed by atoms with Crippen molar-refractivity contribution in [1.29, 1.82) is 0 Å². The second-order valence-electron chi connectivity index (χ2n) is 5.65. The van der Waals surface area contributed by atoms with E-state index in [1.165, 1.54) is 25.7 Å². The fourth-order valence-corrected chi connectivity index (χ4v) is 3.64. The summed E-state index contributed by atoms with van der Waals surface area (Å²) in [6.45, 7) is 0.807. The fourth-order valence-electron chi connectivity index (χ4n) is 3.26. The van der Waals surface area contributed by atoms with Crippen LogP contribution in [-0.2, 0) is 4.74 Å². The van der Waals surface area contributed by atoms with E-state index in [9.17, 15) is 0 Å². The van der Waals surface area contributed by atoms with Crippen LogP contribution in [0.5, 0.6) is 5.75 Å². The molecule has 2 aliphatic rings. The van der Waals surface area contributed by atoms with Crippen molar-refractivity contribution >= 4 is 21.6 Å². The van der Waals surface area contributed by atoms with E-state index in [1.54, 1.807) is 0 Å². The van der Waals surface area contributed by atoms with Gasteiger partial charge in [-0.1, -0.05) is 28.8 Å². The number of benzene rings is 1. The van der Waals surface area contributed by atoms with Crippen LogP contribution in [0.1, 0.15) is 38.5 Å². The highest BCUT2D eigenvalue weighted by Gasteiger charge is 2.40. The first-order valence-electron chi connectivity index (χ1n) is 7.03. The van der Waals surface area contributed by atoms with Crippen LogP contribution >= 0.6 is 15.9 Å². The predicted octanol–water partition coefficient (Wildman–Crippen LogP) is 3.90. The third kappa shape index (κ3) is 2.90. The molecular weight excluding hydrogens is 306 g/mol. The van der Waals surface area contributed by atoms with E-state index in [4.69, 9.17) is 15.2 Å². The van der Waals surface area contributed by atoms with Crippen molar-refractivity contribution in [2.45, 2.75) is 50.2 Å². The summed E-state index contributed by atoms with van der Waals surface area (Å²) in [4.78, 5) is 0. The molecule has 1 aliphatic carbocycles. The van der Waals surface area contributed by atoms with Crippen molar-refractivity contribution in [2.24, 2.45) is 0 Å². The van der Waals surface area contributed by atoms with Gasteiger partial charge in [-0.3, -0.25) is 0 Å². The van der Waals surface area contributed by atoms with Crippen LogP contribution in [0.4, 0.5) is 5.69 Å². The average Bonchev–Trinajstić information content (AvgIpc) is 2.81. The number of halogens is 1. The largest absolute Gasteiger partial charge is 0.488 e. The normalized spacial score (nSPS) is 25.6. The smallest absolute Gasteiger partial charge is 0.142 e. The monoisotopic (exact) mass is 325 g/mol. The summed E-state index contributed by atoms with van der Waals surface area (Å²) in [5.41, 5.74) is 6.78. The van der Waals surface area contributed by atoms with Gasteiger partial charge in [0, 0.05) is 17.3 Å². The Hall–Kier alpha value is -0.740. The molecule has 2 fully saturated rings. The number of hydrogen-bond acceptors (Lipinski definition) is 3. The Morgan fingerprint density at radius 1 is 1.32 bits per heavy atom. The molecule has 19 heavy (non-hydrogen) atoms. The van der Waals surface area contributed by atoms with Gasteiger partial charge < -0.3 is 15.2 Å². The molecule has 2 N–H and O–H groups in total. The van der Waals surface area contributed by atoms with E-state index in [0.717, 1.165) is 29.7 Å². The Balaban J connectivity index is 1.69. The van der Waals surface area contributed by atoms with Crippen molar-refractivity contribution in [3.05, 3.63) is 22.7 Å². The van der Waals surface area contributed by atoms with Gasteiger partial charge in [-0.25, -0.2) is 0 Å². The van der Waals surface area contributed by atoms with Gasteiger partial charge in [0.25, 0.3) is 0 Å². The van der Waals surface area contributed by atoms with Crippen LogP contribution in [0.3, 0.4) is 0 Å². The van der Waals surface area contributed by atoms with Gasteiger partial charge in [0.2, 0.25) is 0 Å². The molecule has 1 heterocycles. The first-order chi connectivity index (χ1) is 9.17. The maximum absolute atomic E-state index is 6.10.